The van der Waals surface area contributed by atoms with Crippen molar-refractivity contribution in [1.82, 2.24) is 10.2 Å². The largest absolute Gasteiger partial charge is 0.496 e. The van der Waals surface area contributed by atoms with Crippen LogP contribution in [0.5, 0.6) is 5.75 Å². The van der Waals surface area contributed by atoms with E-state index in [2.05, 4.69) is 30.3 Å². The van der Waals surface area contributed by atoms with Crippen molar-refractivity contribution in [3.63, 3.8) is 0 Å². The van der Waals surface area contributed by atoms with Gasteiger partial charge in [0.05, 0.1) is 13.7 Å². The van der Waals surface area contributed by atoms with E-state index in [1.165, 1.54) is 19.3 Å². The van der Waals surface area contributed by atoms with Crippen LogP contribution in [0.3, 0.4) is 0 Å². The van der Waals surface area contributed by atoms with Gasteiger partial charge in [-0.3, -0.25) is 0 Å². The van der Waals surface area contributed by atoms with E-state index in [9.17, 15) is 0 Å². The molecule has 0 unspecified atom stereocenters. The Morgan fingerprint density at radius 1 is 1.32 bits per heavy atom. The standard InChI is InChI=1S/C19H31N3O2.HI/c1-4-20-19(21-15-17-7-5-6-8-18(17)23-3)22(2)12-9-16-10-13-24-14-11-16;/h5-8,16H,4,9-15H2,1-3H3,(H,20,21);1H. The predicted octanol–water partition coefficient (Wildman–Crippen LogP) is 3.53. The van der Waals surface area contributed by atoms with Crippen LogP contribution >= 0.6 is 24.0 Å². The fraction of sp³-hybridized carbons (Fsp3) is 0.632. The minimum atomic E-state index is 0. The average molecular weight is 461 g/mol. The zero-order chi connectivity index (χ0) is 17.2. The SMILES string of the molecule is CCNC(=NCc1ccccc1OC)N(C)CCC1CCOCC1.I. The highest BCUT2D eigenvalue weighted by Crippen LogP contribution is 2.19. The number of para-hydroxylation sites is 1. The molecule has 0 atom stereocenters. The number of guanidine groups is 1. The summed E-state index contributed by atoms with van der Waals surface area (Å²) in [6, 6.07) is 8.05. The van der Waals surface area contributed by atoms with Crippen LogP contribution in [-0.4, -0.2) is 51.3 Å². The maximum atomic E-state index is 5.44. The molecular formula is C19H32IN3O2. The van der Waals surface area contributed by atoms with Gasteiger partial charge in [-0.15, -0.1) is 24.0 Å². The molecule has 1 fully saturated rings. The van der Waals surface area contributed by atoms with Crippen LogP contribution in [0.1, 0.15) is 31.7 Å². The average Bonchev–Trinajstić information content (AvgIpc) is 2.64. The van der Waals surface area contributed by atoms with Gasteiger partial charge in [-0.05, 0) is 38.2 Å². The van der Waals surface area contributed by atoms with E-state index >= 15 is 0 Å². The molecule has 1 heterocycles. The molecule has 5 nitrogen and oxygen atoms in total. The third kappa shape index (κ3) is 7.40. The number of hydrogen-bond donors (Lipinski definition) is 1. The second kappa shape index (κ2) is 12.4. The number of halogens is 1. The third-order valence-electron chi connectivity index (χ3n) is 4.50. The normalized spacial score (nSPS) is 15.4. The smallest absolute Gasteiger partial charge is 0.193 e. The first-order chi connectivity index (χ1) is 11.7. The molecule has 6 heteroatoms. The molecule has 0 spiro atoms. The van der Waals surface area contributed by atoms with Gasteiger partial charge in [0.2, 0.25) is 0 Å². The van der Waals surface area contributed by atoms with Crippen LogP contribution in [0.25, 0.3) is 0 Å². The molecule has 0 amide bonds. The Bertz CT molecular complexity index is 519. The fourth-order valence-corrected chi connectivity index (χ4v) is 2.98. The van der Waals surface area contributed by atoms with Crippen LogP contribution in [0, 0.1) is 5.92 Å². The van der Waals surface area contributed by atoms with Gasteiger partial charge in [-0.1, -0.05) is 18.2 Å². The third-order valence-corrected chi connectivity index (χ3v) is 4.50. The summed E-state index contributed by atoms with van der Waals surface area (Å²) in [5.74, 6) is 2.62. The molecule has 1 saturated heterocycles. The lowest BCUT2D eigenvalue weighted by Crippen LogP contribution is -2.40. The Balaban J connectivity index is 0.00000312. The molecule has 1 aromatic carbocycles. The second-order valence-electron chi connectivity index (χ2n) is 6.25. The van der Waals surface area contributed by atoms with Crippen molar-refractivity contribution in [3.8, 4) is 5.75 Å². The summed E-state index contributed by atoms with van der Waals surface area (Å²) in [5.41, 5.74) is 1.10. The molecule has 0 aromatic heterocycles. The monoisotopic (exact) mass is 461 g/mol. The Morgan fingerprint density at radius 2 is 2.04 bits per heavy atom. The van der Waals surface area contributed by atoms with E-state index in [0.29, 0.717) is 6.54 Å². The lowest BCUT2D eigenvalue weighted by atomic mass is 9.96. The highest BCUT2D eigenvalue weighted by molar-refractivity contribution is 14.0. The van der Waals surface area contributed by atoms with E-state index in [1.807, 2.05) is 18.2 Å². The first-order valence-corrected chi connectivity index (χ1v) is 8.93. The van der Waals surface area contributed by atoms with E-state index in [0.717, 1.165) is 49.5 Å². The van der Waals surface area contributed by atoms with E-state index in [-0.39, 0.29) is 24.0 Å². The number of aliphatic imine (C=N–C) groups is 1. The highest BCUT2D eigenvalue weighted by atomic mass is 127. The summed E-state index contributed by atoms with van der Waals surface area (Å²) in [6.07, 6.45) is 3.56. The molecule has 25 heavy (non-hydrogen) atoms. The lowest BCUT2D eigenvalue weighted by molar-refractivity contribution is 0.0625. The number of hydrogen-bond acceptors (Lipinski definition) is 3. The summed E-state index contributed by atoms with van der Waals surface area (Å²) < 4.78 is 10.9. The van der Waals surface area contributed by atoms with Gasteiger partial charge in [0, 0.05) is 38.9 Å². The molecule has 1 aliphatic rings. The van der Waals surface area contributed by atoms with Crippen molar-refractivity contribution in [3.05, 3.63) is 29.8 Å². The van der Waals surface area contributed by atoms with Gasteiger partial charge >= 0.3 is 0 Å². The van der Waals surface area contributed by atoms with Crippen molar-refractivity contribution >= 4 is 29.9 Å². The van der Waals surface area contributed by atoms with Crippen molar-refractivity contribution in [2.75, 3.05) is 40.5 Å². The Hall–Kier alpha value is -1.02. The summed E-state index contributed by atoms with van der Waals surface area (Å²) in [4.78, 5) is 7.01. The molecular weight excluding hydrogens is 429 g/mol. The van der Waals surface area contributed by atoms with Crippen LogP contribution in [-0.2, 0) is 11.3 Å². The summed E-state index contributed by atoms with van der Waals surface area (Å²) in [6.45, 7) is 6.43. The number of nitrogens with one attached hydrogen (secondary N) is 1. The molecule has 0 bridgehead atoms. The molecule has 142 valence electrons. The van der Waals surface area contributed by atoms with Gasteiger partial charge in [-0.25, -0.2) is 4.99 Å². The topological polar surface area (TPSA) is 46.1 Å². The first-order valence-electron chi connectivity index (χ1n) is 8.93. The second-order valence-corrected chi connectivity index (χ2v) is 6.25. The lowest BCUT2D eigenvalue weighted by Gasteiger charge is -2.27. The summed E-state index contributed by atoms with van der Waals surface area (Å²) in [5, 5.41) is 3.39. The van der Waals surface area contributed by atoms with Crippen LogP contribution < -0.4 is 10.1 Å². The van der Waals surface area contributed by atoms with Crippen LogP contribution in [0.4, 0.5) is 0 Å². The number of ether oxygens (including phenoxy) is 2. The maximum absolute atomic E-state index is 5.44. The molecule has 1 N–H and O–H groups in total. The zero-order valence-electron chi connectivity index (χ0n) is 15.7. The van der Waals surface area contributed by atoms with Crippen molar-refractivity contribution < 1.29 is 9.47 Å². The van der Waals surface area contributed by atoms with E-state index in [4.69, 9.17) is 14.5 Å². The Labute approximate surface area is 169 Å². The van der Waals surface area contributed by atoms with Crippen molar-refractivity contribution in [2.24, 2.45) is 10.9 Å². The zero-order valence-corrected chi connectivity index (χ0v) is 18.0. The molecule has 1 aliphatic heterocycles. The highest BCUT2D eigenvalue weighted by Gasteiger charge is 2.15. The van der Waals surface area contributed by atoms with Gasteiger partial charge in [0.15, 0.2) is 5.96 Å². The molecule has 0 radical (unpaired) electrons. The van der Waals surface area contributed by atoms with E-state index in [1.54, 1.807) is 7.11 Å². The van der Waals surface area contributed by atoms with Crippen molar-refractivity contribution in [2.45, 2.75) is 32.7 Å². The Morgan fingerprint density at radius 3 is 2.72 bits per heavy atom. The minimum Gasteiger partial charge on any atom is -0.496 e. The summed E-state index contributed by atoms with van der Waals surface area (Å²) >= 11 is 0. The van der Waals surface area contributed by atoms with Crippen LogP contribution in [0.15, 0.2) is 29.3 Å². The molecule has 0 saturated carbocycles. The first kappa shape index (κ1) is 22.0. The number of nitrogens with zero attached hydrogens (tertiary/aromatic N) is 2. The van der Waals surface area contributed by atoms with Crippen molar-refractivity contribution in [1.29, 1.82) is 0 Å². The quantitative estimate of drug-likeness (QED) is 0.384. The van der Waals surface area contributed by atoms with Gasteiger partial charge < -0.3 is 19.7 Å². The molecule has 2 rings (SSSR count). The number of benzene rings is 1. The maximum Gasteiger partial charge on any atom is 0.193 e. The Kier molecular flexibility index (Phi) is 10.9. The fourth-order valence-electron chi connectivity index (χ4n) is 2.98. The minimum absolute atomic E-state index is 0. The van der Waals surface area contributed by atoms with E-state index < -0.39 is 0 Å². The summed E-state index contributed by atoms with van der Waals surface area (Å²) in [7, 11) is 3.82. The van der Waals surface area contributed by atoms with Crippen LogP contribution in [0.2, 0.25) is 0 Å². The number of rotatable bonds is 7. The molecule has 0 aliphatic carbocycles. The van der Waals surface area contributed by atoms with Gasteiger partial charge in [0.25, 0.3) is 0 Å². The predicted molar refractivity (Wildman–Crippen MR) is 114 cm³/mol. The van der Waals surface area contributed by atoms with Gasteiger partial charge in [-0.2, -0.15) is 0 Å². The molecule has 1 aromatic rings. The number of methoxy groups -OCH3 is 1. The van der Waals surface area contributed by atoms with Gasteiger partial charge in [0.1, 0.15) is 5.75 Å².